The molecule has 2 atom stereocenters. The quantitative estimate of drug-likeness (QED) is 0.0997. The second-order valence-corrected chi connectivity index (χ2v) is 28.0. The first-order valence-electron chi connectivity index (χ1n) is 19.5. The number of hydrogen-bond donors (Lipinski definition) is 2. The molecular weight excluding hydrogens is 957 g/mol. The van der Waals surface area contributed by atoms with Gasteiger partial charge in [-0.3, -0.25) is 0 Å². The Hall–Kier alpha value is -2.77. The van der Waals surface area contributed by atoms with Crippen LogP contribution in [-0.2, 0) is 26.2 Å². The van der Waals surface area contributed by atoms with E-state index in [1.807, 2.05) is 0 Å². The zero-order valence-electron chi connectivity index (χ0n) is 33.6. The summed E-state index contributed by atoms with van der Waals surface area (Å²) < 4.78 is 0. The Labute approximate surface area is 400 Å². The van der Waals surface area contributed by atoms with Crippen molar-refractivity contribution in [1.29, 1.82) is 0 Å². The maximum atomic E-state index is 9.00. The summed E-state index contributed by atoms with van der Waals surface area (Å²) in [5, 5.41) is 10.7. The fourth-order valence-electron chi connectivity index (χ4n) is 8.75. The van der Waals surface area contributed by atoms with Gasteiger partial charge in [-0.2, -0.15) is 12.1 Å². The summed E-state index contributed by atoms with van der Waals surface area (Å²) in [6.07, 6.45) is 5.35. The Bertz CT molecular complexity index is 2560. The van der Waals surface area contributed by atoms with Crippen LogP contribution >= 0.6 is 33.2 Å². The molecule has 0 heterocycles. The van der Waals surface area contributed by atoms with E-state index in [1.165, 1.54) is 94.2 Å². The summed E-state index contributed by atoms with van der Waals surface area (Å²) in [6, 6.07) is 51.5. The van der Waals surface area contributed by atoms with E-state index >= 15 is 0 Å². The summed E-state index contributed by atoms with van der Waals surface area (Å²) in [6.45, 7) is 5.97. The van der Waals surface area contributed by atoms with Crippen LogP contribution in [-0.4, -0.2) is 24.2 Å². The average molecular weight is 1000 g/mol. The van der Waals surface area contributed by atoms with Gasteiger partial charge in [0.05, 0.1) is 0 Å². The molecule has 2 nitrogen and oxygen atoms in total. The molecule has 10 rings (SSSR count). The van der Waals surface area contributed by atoms with Crippen molar-refractivity contribution in [1.82, 2.24) is 0 Å². The Kier molecular flexibility index (Phi) is 16.2. The van der Waals surface area contributed by atoms with Gasteiger partial charge in [0.25, 0.3) is 0 Å². The van der Waals surface area contributed by atoms with Gasteiger partial charge < -0.3 is 34.4 Å². The Morgan fingerprint density at radius 3 is 1.30 bits per heavy atom. The minimum Gasteiger partial charge on any atom is -1.00 e. The number of benzene rings is 6. The second-order valence-electron chi connectivity index (χ2n) is 15.7. The second kappa shape index (κ2) is 20.2. The Morgan fingerprint density at radius 2 is 0.917 bits per heavy atom. The molecule has 10 heteroatoms. The molecule has 0 radical (unpaired) electrons. The number of fused-ring (bicyclic) bond motifs is 8. The molecule has 2 aliphatic rings. The van der Waals surface area contributed by atoms with Crippen molar-refractivity contribution < 1.29 is 60.6 Å². The van der Waals surface area contributed by atoms with Crippen LogP contribution in [0.25, 0.3) is 55.2 Å². The summed E-state index contributed by atoms with van der Waals surface area (Å²) in [5.74, 6) is 0.781. The number of halogens is 5. The van der Waals surface area contributed by atoms with Crippen LogP contribution in [0, 0.1) is 0 Å². The van der Waals surface area contributed by atoms with Crippen molar-refractivity contribution >= 4 is 103 Å². The monoisotopic (exact) mass is 998 g/mol. The van der Waals surface area contributed by atoms with Gasteiger partial charge in [0.15, 0.2) is 0 Å². The zero-order chi connectivity index (χ0) is 39.9. The van der Waals surface area contributed by atoms with Crippen molar-refractivity contribution in [2.24, 2.45) is 0 Å². The van der Waals surface area contributed by atoms with Gasteiger partial charge in [-0.25, -0.2) is 0 Å². The summed E-state index contributed by atoms with van der Waals surface area (Å²) in [5.41, 5.74) is 11.4. The number of hydrogen-bond acceptors (Lipinski definition) is 2. The van der Waals surface area contributed by atoms with Crippen molar-refractivity contribution in [3.05, 3.63) is 190 Å². The van der Waals surface area contributed by atoms with Crippen LogP contribution in [0.4, 0.5) is 0 Å². The van der Waals surface area contributed by atoms with E-state index in [4.69, 9.17) is 42.8 Å². The molecule has 0 fully saturated rings. The molecule has 0 spiro atoms. The van der Waals surface area contributed by atoms with Gasteiger partial charge in [0.1, 0.15) is 0 Å². The minimum atomic E-state index is -2.91. The molecule has 2 unspecified atom stereocenters. The van der Waals surface area contributed by atoms with Crippen LogP contribution < -0.4 is 24.8 Å². The summed E-state index contributed by atoms with van der Waals surface area (Å²) in [4.78, 5) is 18.0. The Balaban J connectivity index is 0.000000177. The molecule has 0 saturated carbocycles. The molecule has 8 aromatic rings. The summed E-state index contributed by atoms with van der Waals surface area (Å²) >= 11 is 16.8. The first-order chi connectivity index (χ1) is 27.3. The third-order valence-corrected chi connectivity index (χ3v) is 15.3. The van der Waals surface area contributed by atoms with Crippen molar-refractivity contribution in [3.8, 4) is 0 Å². The third-order valence-electron chi connectivity index (χ3n) is 11.3. The topological polar surface area (TPSA) is 40.5 Å². The average Bonchev–Trinajstić information content (AvgIpc) is 3.95. The standard InChI is InChI=1S/2C23H17.C4H11Cl3O2Si2.2ClH.Zr/c2*1-15-12-22-20-9-5-4-6-16(20)10-11-21(22)23(15)19-13-17-7-2-3-8-18(17)14-19;1-10(8,9)3-2-4-11(5,6)7;;;/h2*2-14,23H,1H3;8-9H,2-4H2,1H3;2*1H;/q2*-1;;;;+4/p-2. The molecular formula is C50H45Cl5O2Si2Zr. The minimum absolute atomic E-state index is 0. The SMILES string of the molecule is CC1=Cc2c(ccc3ccccc23)C1c1cc2ccccc2[cH-]1.CC1=Cc2c(ccc3ccccc23)C1c1cc2ccccc2[cH-]1.C[Si](O)(O)CCC[Si](Cl)(Cl)Cl.[Cl-].[Cl-].[Zr+4]. The normalized spacial score (nSPS) is 15.3. The maximum Gasteiger partial charge on any atom is 4.00 e. The van der Waals surface area contributed by atoms with E-state index in [0.29, 0.717) is 30.3 Å². The first kappa shape index (κ1) is 48.3. The van der Waals surface area contributed by atoms with Crippen LogP contribution in [0.2, 0.25) is 18.6 Å². The third kappa shape index (κ3) is 10.7. The molecule has 0 aromatic heterocycles. The van der Waals surface area contributed by atoms with Gasteiger partial charge in [-0.1, -0.05) is 115 Å². The van der Waals surface area contributed by atoms with E-state index < -0.39 is 14.6 Å². The van der Waals surface area contributed by atoms with Crippen molar-refractivity contribution in [2.45, 2.75) is 50.7 Å². The van der Waals surface area contributed by atoms with Gasteiger partial charge in [0.2, 0.25) is 0 Å². The van der Waals surface area contributed by atoms with E-state index in [9.17, 15) is 0 Å². The van der Waals surface area contributed by atoms with Gasteiger partial charge in [-0.05, 0) is 76.3 Å². The molecule has 60 heavy (non-hydrogen) atoms. The molecule has 0 saturated heterocycles. The van der Waals surface area contributed by atoms with Gasteiger partial charge >= 0.3 is 40.8 Å². The van der Waals surface area contributed by atoms with Crippen LogP contribution in [0.3, 0.4) is 0 Å². The first-order valence-corrected chi connectivity index (χ1v) is 27.4. The molecule has 0 bridgehead atoms. The summed E-state index contributed by atoms with van der Waals surface area (Å²) in [7, 11) is -2.91. The molecule has 2 aliphatic carbocycles. The largest absolute Gasteiger partial charge is 4.00 e. The zero-order valence-corrected chi connectivity index (χ0v) is 41.8. The smallest absolute Gasteiger partial charge is 1.00 e. The maximum absolute atomic E-state index is 9.00. The van der Waals surface area contributed by atoms with Crippen molar-refractivity contribution in [2.75, 3.05) is 0 Å². The van der Waals surface area contributed by atoms with E-state index in [0.717, 1.165) is 0 Å². The van der Waals surface area contributed by atoms with E-state index in [1.54, 1.807) is 0 Å². The molecule has 8 aromatic carbocycles. The van der Waals surface area contributed by atoms with Gasteiger partial charge in [0, 0.05) is 11.8 Å². The number of allylic oxidation sites excluding steroid dienone is 2. The van der Waals surface area contributed by atoms with Crippen LogP contribution in [0.15, 0.2) is 157 Å². The van der Waals surface area contributed by atoms with E-state index in [2.05, 4.69) is 172 Å². The Morgan fingerprint density at radius 1 is 0.533 bits per heavy atom. The molecule has 304 valence electrons. The fourth-order valence-corrected chi connectivity index (χ4v) is 11.7. The molecule has 0 amide bonds. The van der Waals surface area contributed by atoms with Gasteiger partial charge in [-0.15, -0.1) is 114 Å². The van der Waals surface area contributed by atoms with Crippen molar-refractivity contribution in [3.63, 3.8) is 0 Å². The molecule has 0 aliphatic heterocycles. The fraction of sp³-hybridized carbons (Fsp3) is 0.160. The predicted molar refractivity (Wildman–Crippen MR) is 252 cm³/mol. The predicted octanol–water partition coefficient (Wildman–Crippen LogP) is 8.62. The van der Waals surface area contributed by atoms with Crippen LogP contribution in [0.1, 0.15) is 65.5 Å². The van der Waals surface area contributed by atoms with Crippen LogP contribution in [0.5, 0.6) is 0 Å². The number of rotatable bonds is 6. The van der Waals surface area contributed by atoms with E-state index in [-0.39, 0.29) is 51.0 Å². The molecule has 2 N–H and O–H groups in total.